The Morgan fingerprint density at radius 2 is 1.82 bits per heavy atom. The number of amides is 2. The van der Waals surface area contributed by atoms with Gasteiger partial charge in [-0.1, -0.05) is 35.9 Å². The number of nitrogens with one attached hydrogen (secondary N) is 1. The fraction of sp³-hybridized carbons (Fsp3) is 0.300. The molecule has 4 heterocycles. The number of hydrogen-bond donors (Lipinski definition) is 1. The number of fused-ring (bicyclic) bond motifs is 2. The summed E-state index contributed by atoms with van der Waals surface area (Å²) in [4.78, 5) is 34.3. The highest BCUT2D eigenvalue weighted by Gasteiger charge is 2.32. The van der Waals surface area contributed by atoms with Gasteiger partial charge >= 0.3 is 0 Å². The lowest BCUT2D eigenvalue weighted by Gasteiger charge is -2.33. The van der Waals surface area contributed by atoms with E-state index >= 15 is 0 Å². The van der Waals surface area contributed by atoms with Crippen molar-refractivity contribution in [2.24, 2.45) is 5.92 Å². The molecule has 0 saturated carbocycles. The molecule has 7 nitrogen and oxygen atoms in total. The highest BCUT2D eigenvalue weighted by molar-refractivity contribution is 6.35. The maximum Gasteiger partial charge on any atom is 0.260 e. The average molecular weight is 528 g/mol. The number of hydrogen-bond acceptors (Lipinski definition) is 4. The number of carbonyl (C=O) groups is 2. The number of aromatic nitrogens is 2. The van der Waals surface area contributed by atoms with Crippen molar-refractivity contribution in [2.75, 3.05) is 29.4 Å². The monoisotopic (exact) mass is 527 g/mol. The van der Waals surface area contributed by atoms with Gasteiger partial charge in [0, 0.05) is 62.3 Å². The Morgan fingerprint density at radius 1 is 1.03 bits per heavy atom. The number of halogens is 1. The topological polar surface area (TPSA) is 70.5 Å². The fourth-order valence-electron chi connectivity index (χ4n) is 5.68. The molecule has 1 saturated heterocycles. The first kappa shape index (κ1) is 24.5. The molecule has 6 rings (SSSR count). The van der Waals surface area contributed by atoms with E-state index in [9.17, 15) is 9.59 Å². The molecular weight excluding hydrogens is 498 g/mol. The molecule has 194 valence electrons. The van der Waals surface area contributed by atoms with Gasteiger partial charge in [-0.3, -0.25) is 14.6 Å². The van der Waals surface area contributed by atoms with Crippen LogP contribution >= 0.6 is 11.6 Å². The summed E-state index contributed by atoms with van der Waals surface area (Å²) in [5.41, 5.74) is 4.52. The van der Waals surface area contributed by atoms with E-state index in [1.807, 2.05) is 67.1 Å². The van der Waals surface area contributed by atoms with Crippen LogP contribution in [0.3, 0.4) is 0 Å². The standard InChI is InChI=1S/C30H30ClN5O2/c31-25-5-1-4-23-20-36(30(38)28(23)25)26-6-2-3-22-11-17-35(29(22)26)18-12-27(37)33-19-21-9-15-34(16-10-21)24-7-13-32-14-8-24/h1-8,11,13-14,17,21H,9-10,12,15-16,18-20H2,(H,33,37). The Bertz CT molecular complexity index is 1480. The van der Waals surface area contributed by atoms with Crippen molar-refractivity contribution >= 4 is 45.7 Å². The summed E-state index contributed by atoms with van der Waals surface area (Å²) in [6, 6.07) is 17.7. The van der Waals surface area contributed by atoms with E-state index in [1.165, 1.54) is 5.69 Å². The van der Waals surface area contributed by atoms with Crippen LogP contribution in [0.15, 0.2) is 73.2 Å². The highest BCUT2D eigenvalue weighted by Crippen LogP contribution is 2.36. The fourth-order valence-corrected chi connectivity index (χ4v) is 5.95. The quantitative estimate of drug-likeness (QED) is 0.355. The molecule has 1 fully saturated rings. The third-order valence-corrected chi connectivity index (χ3v) is 8.07. The molecule has 2 aliphatic rings. The predicted molar refractivity (Wildman–Crippen MR) is 151 cm³/mol. The minimum Gasteiger partial charge on any atom is -0.371 e. The highest BCUT2D eigenvalue weighted by atomic mass is 35.5. The Hall–Kier alpha value is -3.84. The molecule has 1 N–H and O–H groups in total. The van der Waals surface area contributed by atoms with Crippen LogP contribution in [0.1, 0.15) is 35.2 Å². The van der Waals surface area contributed by atoms with Gasteiger partial charge in [0.1, 0.15) is 0 Å². The molecule has 0 atom stereocenters. The molecule has 2 aliphatic heterocycles. The molecule has 0 bridgehead atoms. The summed E-state index contributed by atoms with van der Waals surface area (Å²) in [5, 5.41) is 4.68. The molecule has 0 unspecified atom stereocenters. The Labute approximate surface area is 227 Å². The number of rotatable bonds is 7. The second-order valence-electron chi connectivity index (χ2n) is 10.1. The molecule has 0 aliphatic carbocycles. The Balaban J connectivity index is 1.07. The molecule has 2 aromatic carbocycles. The van der Waals surface area contributed by atoms with Crippen molar-refractivity contribution in [3.05, 3.63) is 89.3 Å². The summed E-state index contributed by atoms with van der Waals surface area (Å²) < 4.78 is 2.08. The molecule has 0 radical (unpaired) electrons. The number of para-hydroxylation sites is 1. The number of piperidine rings is 1. The Morgan fingerprint density at radius 3 is 2.61 bits per heavy atom. The Kier molecular flexibility index (Phi) is 6.77. The number of pyridine rings is 1. The molecular formula is C30H30ClN5O2. The molecule has 0 spiro atoms. The van der Waals surface area contributed by atoms with Crippen molar-refractivity contribution in [1.29, 1.82) is 0 Å². The molecule has 38 heavy (non-hydrogen) atoms. The van der Waals surface area contributed by atoms with Crippen LogP contribution in [0.4, 0.5) is 11.4 Å². The zero-order valence-corrected chi connectivity index (χ0v) is 21.9. The maximum atomic E-state index is 13.3. The first-order chi connectivity index (χ1) is 18.6. The van der Waals surface area contributed by atoms with E-state index in [4.69, 9.17) is 11.6 Å². The van der Waals surface area contributed by atoms with Gasteiger partial charge in [0.25, 0.3) is 5.91 Å². The van der Waals surface area contributed by atoms with Gasteiger partial charge in [0.05, 0.1) is 28.3 Å². The van der Waals surface area contributed by atoms with Crippen LogP contribution in [0.5, 0.6) is 0 Å². The predicted octanol–water partition coefficient (Wildman–Crippen LogP) is 5.27. The van der Waals surface area contributed by atoms with Gasteiger partial charge in [0.2, 0.25) is 5.91 Å². The molecule has 2 aromatic heterocycles. The molecule has 2 amide bonds. The number of carbonyl (C=O) groups excluding carboxylic acids is 2. The van der Waals surface area contributed by atoms with Crippen molar-refractivity contribution in [1.82, 2.24) is 14.9 Å². The van der Waals surface area contributed by atoms with Gasteiger partial charge in [-0.05, 0) is 54.7 Å². The number of anilines is 2. The smallest absolute Gasteiger partial charge is 0.260 e. The lowest BCUT2D eigenvalue weighted by atomic mass is 9.96. The van der Waals surface area contributed by atoms with Crippen LogP contribution in [-0.4, -0.2) is 41.0 Å². The van der Waals surface area contributed by atoms with Crippen LogP contribution in [0.2, 0.25) is 5.02 Å². The zero-order valence-electron chi connectivity index (χ0n) is 21.1. The number of nitrogens with zero attached hydrogens (tertiary/aromatic N) is 4. The minimum atomic E-state index is -0.0847. The summed E-state index contributed by atoms with van der Waals surface area (Å²) >= 11 is 6.35. The number of aryl methyl sites for hydroxylation is 1. The van der Waals surface area contributed by atoms with Crippen molar-refractivity contribution in [2.45, 2.75) is 32.4 Å². The van der Waals surface area contributed by atoms with Gasteiger partial charge in [-0.15, -0.1) is 0 Å². The van der Waals surface area contributed by atoms with Crippen LogP contribution in [-0.2, 0) is 17.9 Å². The van der Waals surface area contributed by atoms with E-state index in [0.717, 1.165) is 48.1 Å². The van der Waals surface area contributed by atoms with E-state index in [1.54, 1.807) is 11.0 Å². The van der Waals surface area contributed by atoms with Crippen LogP contribution < -0.4 is 15.1 Å². The molecule has 4 aromatic rings. The third kappa shape index (κ3) is 4.74. The number of benzene rings is 2. The van der Waals surface area contributed by atoms with Crippen LogP contribution in [0.25, 0.3) is 10.9 Å². The van der Waals surface area contributed by atoms with E-state index in [2.05, 4.69) is 19.8 Å². The van der Waals surface area contributed by atoms with Crippen molar-refractivity contribution in [3.8, 4) is 0 Å². The minimum absolute atomic E-state index is 0.0531. The average Bonchev–Trinajstić information content (AvgIpc) is 3.53. The van der Waals surface area contributed by atoms with Gasteiger partial charge < -0.3 is 19.7 Å². The van der Waals surface area contributed by atoms with Crippen LogP contribution in [0, 0.1) is 5.92 Å². The van der Waals surface area contributed by atoms with Gasteiger partial charge in [0.15, 0.2) is 0 Å². The van der Waals surface area contributed by atoms with E-state index in [-0.39, 0.29) is 11.8 Å². The first-order valence-electron chi connectivity index (χ1n) is 13.2. The lowest BCUT2D eigenvalue weighted by molar-refractivity contribution is -0.121. The molecule has 8 heteroatoms. The maximum absolute atomic E-state index is 13.3. The van der Waals surface area contributed by atoms with E-state index in [0.29, 0.717) is 42.6 Å². The van der Waals surface area contributed by atoms with Crippen molar-refractivity contribution in [3.63, 3.8) is 0 Å². The van der Waals surface area contributed by atoms with E-state index < -0.39 is 0 Å². The SMILES string of the molecule is O=C(CCn1ccc2cccc(N3Cc4cccc(Cl)c4C3=O)c21)NCC1CCN(c2ccncc2)CC1. The summed E-state index contributed by atoms with van der Waals surface area (Å²) in [6.45, 7) is 3.73. The van der Waals surface area contributed by atoms with Crippen molar-refractivity contribution < 1.29 is 9.59 Å². The summed E-state index contributed by atoms with van der Waals surface area (Å²) in [6.07, 6.45) is 8.16. The summed E-state index contributed by atoms with van der Waals surface area (Å²) in [5.74, 6) is 0.460. The summed E-state index contributed by atoms with van der Waals surface area (Å²) in [7, 11) is 0. The first-order valence-corrected chi connectivity index (χ1v) is 13.5. The normalized spacial score (nSPS) is 15.8. The largest absolute Gasteiger partial charge is 0.371 e. The lowest BCUT2D eigenvalue weighted by Crippen LogP contribution is -2.38. The second-order valence-corrected chi connectivity index (χ2v) is 10.5. The zero-order chi connectivity index (χ0) is 26.1. The van der Waals surface area contributed by atoms with Gasteiger partial charge in [-0.25, -0.2) is 0 Å². The van der Waals surface area contributed by atoms with Gasteiger partial charge in [-0.2, -0.15) is 0 Å². The second kappa shape index (κ2) is 10.5. The third-order valence-electron chi connectivity index (χ3n) is 7.76.